The summed E-state index contributed by atoms with van der Waals surface area (Å²) in [5.41, 5.74) is 2.68. The van der Waals surface area contributed by atoms with Crippen molar-refractivity contribution in [2.75, 3.05) is 18.4 Å². The summed E-state index contributed by atoms with van der Waals surface area (Å²) in [7, 11) is 0. The van der Waals surface area contributed by atoms with E-state index in [0.717, 1.165) is 59.6 Å². The van der Waals surface area contributed by atoms with Crippen molar-refractivity contribution in [2.24, 2.45) is 0 Å². The fourth-order valence-electron chi connectivity index (χ4n) is 3.87. The standard InChI is InChI=1S/C24H33N7OS/c1-4-5-6-9-18(3)32-23-28-17(2)12-20(29-23)21-14-27-24(33-21)30-22-15-25-19(13-26-22)16-31-10-7-8-11-31/h12-15,18H,4-11,16H2,1-3H3,(H,26,27,30). The van der Waals surface area contributed by atoms with Crippen molar-refractivity contribution >= 4 is 22.3 Å². The number of rotatable bonds is 11. The van der Waals surface area contributed by atoms with Crippen molar-refractivity contribution in [3.05, 3.63) is 36.0 Å². The van der Waals surface area contributed by atoms with E-state index in [9.17, 15) is 0 Å². The summed E-state index contributed by atoms with van der Waals surface area (Å²) < 4.78 is 5.99. The van der Waals surface area contributed by atoms with Crippen LogP contribution in [0.25, 0.3) is 10.6 Å². The monoisotopic (exact) mass is 467 g/mol. The summed E-state index contributed by atoms with van der Waals surface area (Å²) in [5.74, 6) is 0.685. The van der Waals surface area contributed by atoms with Crippen molar-refractivity contribution in [2.45, 2.75) is 71.9 Å². The molecule has 4 heterocycles. The van der Waals surface area contributed by atoms with E-state index in [4.69, 9.17) is 4.74 Å². The highest BCUT2D eigenvalue weighted by molar-refractivity contribution is 7.18. The minimum Gasteiger partial charge on any atom is -0.460 e. The number of ether oxygens (including phenoxy) is 1. The highest BCUT2D eigenvalue weighted by Crippen LogP contribution is 2.30. The Bertz CT molecular complexity index is 1020. The Morgan fingerprint density at radius 2 is 1.94 bits per heavy atom. The second-order valence-corrected chi connectivity index (χ2v) is 9.66. The first-order valence-corrected chi connectivity index (χ1v) is 12.7. The average molecular weight is 468 g/mol. The maximum absolute atomic E-state index is 5.99. The molecule has 1 saturated heterocycles. The number of likely N-dealkylation sites (tertiary alicyclic amines) is 1. The lowest BCUT2D eigenvalue weighted by molar-refractivity contribution is 0.189. The SMILES string of the molecule is CCCCCC(C)Oc1nc(C)cc(-c2cnc(Nc3cnc(CN4CCCC4)cn3)s2)n1. The van der Waals surface area contributed by atoms with Crippen molar-refractivity contribution in [3.8, 4) is 16.6 Å². The predicted molar refractivity (Wildman–Crippen MR) is 132 cm³/mol. The molecule has 1 aliphatic rings. The normalized spacial score (nSPS) is 15.0. The van der Waals surface area contributed by atoms with Gasteiger partial charge in [-0.15, -0.1) is 0 Å². The van der Waals surface area contributed by atoms with E-state index in [1.165, 1.54) is 37.0 Å². The van der Waals surface area contributed by atoms with Gasteiger partial charge in [0, 0.05) is 18.4 Å². The molecule has 0 spiro atoms. The smallest absolute Gasteiger partial charge is 0.317 e. The van der Waals surface area contributed by atoms with E-state index in [2.05, 4.69) is 49.0 Å². The van der Waals surface area contributed by atoms with Crippen LogP contribution in [0.4, 0.5) is 10.9 Å². The van der Waals surface area contributed by atoms with E-state index < -0.39 is 0 Å². The Hall–Kier alpha value is -2.65. The fourth-order valence-corrected chi connectivity index (χ4v) is 4.66. The molecule has 4 rings (SSSR count). The first-order valence-electron chi connectivity index (χ1n) is 11.9. The van der Waals surface area contributed by atoms with Gasteiger partial charge in [-0.1, -0.05) is 31.1 Å². The van der Waals surface area contributed by atoms with E-state index in [1.54, 1.807) is 6.20 Å². The van der Waals surface area contributed by atoms with Gasteiger partial charge in [0.25, 0.3) is 0 Å². The third-order valence-corrected chi connectivity index (χ3v) is 6.57. The zero-order chi connectivity index (χ0) is 23.0. The Balaban J connectivity index is 1.38. The van der Waals surface area contributed by atoms with E-state index in [-0.39, 0.29) is 6.10 Å². The highest BCUT2D eigenvalue weighted by Gasteiger charge is 2.14. The van der Waals surface area contributed by atoms with Crippen LogP contribution < -0.4 is 10.1 Å². The molecule has 33 heavy (non-hydrogen) atoms. The molecule has 8 nitrogen and oxygen atoms in total. The summed E-state index contributed by atoms with van der Waals surface area (Å²) in [4.78, 5) is 26.0. The van der Waals surface area contributed by atoms with Crippen LogP contribution in [0.3, 0.4) is 0 Å². The molecule has 1 aliphatic heterocycles. The topological polar surface area (TPSA) is 89.0 Å². The Morgan fingerprint density at radius 1 is 1.09 bits per heavy atom. The van der Waals surface area contributed by atoms with Gasteiger partial charge in [0.05, 0.1) is 34.8 Å². The van der Waals surface area contributed by atoms with Crippen LogP contribution in [0, 0.1) is 6.92 Å². The van der Waals surface area contributed by atoms with Gasteiger partial charge in [-0.25, -0.2) is 15.0 Å². The highest BCUT2D eigenvalue weighted by atomic mass is 32.1. The Kier molecular flexibility index (Phi) is 8.17. The molecule has 3 aromatic rings. The van der Waals surface area contributed by atoms with Crippen molar-refractivity contribution < 1.29 is 4.74 Å². The molecule has 0 saturated carbocycles. The second-order valence-electron chi connectivity index (χ2n) is 8.63. The summed E-state index contributed by atoms with van der Waals surface area (Å²) in [6.07, 6.45) is 12.7. The van der Waals surface area contributed by atoms with Gasteiger partial charge in [-0.05, 0) is 58.7 Å². The molecule has 0 radical (unpaired) electrons. The average Bonchev–Trinajstić information content (AvgIpc) is 3.47. The predicted octanol–water partition coefficient (Wildman–Crippen LogP) is 5.39. The number of nitrogens with zero attached hydrogens (tertiary/aromatic N) is 6. The number of nitrogens with one attached hydrogen (secondary N) is 1. The first kappa shape index (κ1) is 23.5. The number of hydrogen-bond donors (Lipinski definition) is 1. The quantitative estimate of drug-likeness (QED) is 0.376. The summed E-state index contributed by atoms with van der Waals surface area (Å²) in [6.45, 7) is 9.40. The lowest BCUT2D eigenvalue weighted by Crippen LogP contribution is -2.19. The van der Waals surface area contributed by atoms with Crippen molar-refractivity contribution in [1.29, 1.82) is 0 Å². The zero-order valence-electron chi connectivity index (χ0n) is 19.8. The van der Waals surface area contributed by atoms with Crippen LogP contribution in [0.15, 0.2) is 24.7 Å². The summed E-state index contributed by atoms with van der Waals surface area (Å²) in [6, 6.07) is 2.38. The van der Waals surface area contributed by atoms with Crippen LogP contribution in [-0.4, -0.2) is 49.0 Å². The summed E-state index contributed by atoms with van der Waals surface area (Å²) >= 11 is 1.52. The second kappa shape index (κ2) is 11.5. The molecule has 3 aromatic heterocycles. The maximum atomic E-state index is 5.99. The number of unbranched alkanes of at least 4 members (excludes halogenated alkanes) is 2. The molecule has 0 aliphatic carbocycles. The summed E-state index contributed by atoms with van der Waals surface area (Å²) in [5, 5.41) is 4.00. The third kappa shape index (κ3) is 6.91. The lowest BCUT2D eigenvalue weighted by Gasteiger charge is -2.13. The van der Waals surface area contributed by atoms with Gasteiger partial charge in [0.1, 0.15) is 0 Å². The third-order valence-electron chi connectivity index (χ3n) is 5.64. The Labute approximate surface area is 199 Å². The lowest BCUT2D eigenvalue weighted by atomic mass is 10.1. The van der Waals surface area contributed by atoms with E-state index in [1.807, 2.05) is 25.4 Å². The molecule has 0 bridgehead atoms. The molecular weight excluding hydrogens is 434 g/mol. The van der Waals surface area contributed by atoms with Crippen LogP contribution in [0.1, 0.15) is 63.8 Å². The van der Waals surface area contributed by atoms with Gasteiger partial charge < -0.3 is 10.1 Å². The van der Waals surface area contributed by atoms with Crippen LogP contribution in [0.2, 0.25) is 0 Å². The molecule has 9 heteroatoms. The van der Waals surface area contributed by atoms with Crippen molar-refractivity contribution in [1.82, 2.24) is 29.8 Å². The first-order chi connectivity index (χ1) is 16.1. The van der Waals surface area contributed by atoms with Gasteiger partial charge >= 0.3 is 6.01 Å². The number of hydrogen-bond acceptors (Lipinski definition) is 9. The van der Waals surface area contributed by atoms with Gasteiger partial charge in [-0.3, -0.25) is 9.88 Å². The van der Waals surface area contributed by atoms with Crippen LogP contribution in [0.5, 0.6) is 6.01 Å². The molecule has 0 amide bonds. The van der Waals surface area contributed by atoms with Crippen LogP contribution in [-0.2, 0) is 6.54 Å². The molecule has 1 unspecified atom stereocenters. The fraction of sp³-hybridized carbons (Fsp3) is 0.542. The largest absolute Gasteiger partial charge is 0.460 e. The van der Waals surface area contributed by atoms with Crippen LogP contribution >= 0.6 is 11.3 Å². The van der Waals surface area contributed by atoms with E-state index >= 15 is 0 Å². The minimum atomic E-state index is 0.0944. The molecule has 0 aromatic carbocycles. The molecule has 1 N–H and O–H groups in total. The number of anilines is 2. The van der Waals surface area contributed by atoms with Gasteiger partial charge in [0.2, 0.25) is 0 Å². The Morgan fingerprint density at radius 3 is 2.70 bits per heavy atom. The van der Waals surface area contributed by atoms with E-state index in [0.29, 0.717) is 11.8 Å². The molecular formula is C24H33N7OS. The van der Waals surface area contributed by atoms with Crippen molar-refractivity contribution in [3.63, 3.8) is 0 Å². The maximum Gasteiger partial charge on any atom is 0.317 e. The van der Waals surface area contributed by atoms with Gasteiger partial charge in [-0.2, -0.15) is 4.98 Å². The number of aryl methyl sites for hydroxylation is 1. The number of aromatic nitrogens is 5. The molecule has 1 fully saturated rings. The molecule has 176 valence electrons. The zero-order valence-corrected chi connectivity index (χ0v) is 20.6. The minimum absolute atomic E-state index is 0.0944. The number of thiazole rings is 1. The molecule has 1 atom stereocenters. The van der Waals surface area contributed by atoms with Gasteiger partial charge in [0.15, 0.2) is 10.9 Å².